The molecule has 34 heavy (non-hydrogen) atoms. The van der Waals surface area contributed by atoms with Gasteiger partial charge in [-0.1, -0.05) is 13.8 Å². The van der Waals surface area contributed by atoms with Crippen molar-refractivity contribution in [2.45, 2.75) is 121 Å². The van der Waals surface area contributed by atoms with Crippen molar-refractivity contribution in [3.8, 4) is 0 Å². The van der Waals surface area contributed by atoms with Crippen LogP contribution >= 0.6 is 0 Å². The summed E-state index contributed by atoms with van der Waals surface area (Å²) in [6.07, 6.45) is 2.11. The van der Waals surface area contributed by atoms with E-state index in [1.165, 1.54) is 0 Å². The zero-order chi connectivity index (χ0) is 25.5. The molecule has 3 fully saturated rings. The lowest BCUT2D eigenvalue weighted by atomic mass is 9.45. The highest BCUT2D eigenvalue weighted by Gasteiger charge is 2.69. The zero-order valence-electron chi connectivity index (χ0n) is 21.3. The molecule has 6 N–H and O–H groups in total. The number of hydrogen-bond acceptors (Lipinski definition) is 7. The molecular formula is C27H44O7. The highest BCUT2D eigenvalue weighted by Crippen LogP contribution is 2.68. The van der Waals surface area contributed by atoms with Crippen LogP contribution < -0.4 is 0 Å². The molecule has 0 aliphatic heterocycles. The summed E-state index contributed by atoms with van der Waals surface area (Å²) in [4.78, 5) is 13.2. The second-order valence-electron chi connectivity index (χ2n) is 13.2. The molecule has 4 unspecified atom stereocenters. The first kappa shape index (κ1) is 26.2. The minimum Gasteiger partial charge on any atom is -0.390 e. The van der Waals surface area contributed by atoms with Gasteiger partial charge in [0.25, 0.3) is 0 Å². The molecule has 0 aromatic rings. The van der Waals surface area contributed by atoms with Gasteiger partial charge in [-0.25, -0.2) is 0 Å². The molecule has 4 aliphatic rings. The average Bonchev–Trinajstić information content (AvgIpc) is 3.00. The molecule has 0 saturated heterocycles. The maximum atomic E-state index is 13.2. The lowest BCUT2D eigenvalue weighted by molar-refractivity contribution is -0.177. The summed E-state index contributed by atoms with van der Waals surface area (Å²) in [5.74, 6) is -0.948. The highest BCUT2D eigenvalue weighted by atomic mass is 16.3. The number of aliphatic hydroxyl groups is 6. The van der Waals surface area contributed by atoms with Crippen LogP contribution in [0.3, 0.4) is 0 Å². The molecule has 4 aliphatic carbocycles. The number of fused-ring (bicyclic) bond motifs is 5. The van der Waals surface area contributed by atoms with Crippen molar-refractivity contribution >= 4 is 5.78 Å². The fraction of sp³-hybridized carbons (Fsp3) is 0.889. The normalized spacial score (nSPS) is 47.2. The molecule has 0 amide bonds. The van der Waals surface area contributed by atoms with E-state index in [1.807, 2.05) is 13.8 Å². The van der Waals surface area contributed by atoms with Crippen LogP contribution in [-0.2, 0) is 4.79 Å². The van der Waals surface area contributed by atoms with Crippen LogP contribution in [0.2, 0.25) is 0 Å². The summed E-state index contributed by atoms with van der Waals surface area (Å²) in [5.41, 5.74) is -4.27. The lowest BCUT2D eigenvalue weighted by Gasteiger charge is -2.60. The smallest absolute Gasteiger partial charge is 0.159 e. The molecule has 0 bridgehead atoms. The van der Waals surface area contributed by atoms with E-state index < -0.39 is 45.9 Å². The summed E-state index contributed by atoms with van der Waals surface area (Å²) in [5, 5.41) is 65.5. The molecule has 0 spiro atoms. The number of carbonyl (C=O) groups excluding carboxylic acids is 1. The molecule has 7 nitrogen and oxygen atoms in total. The summed E-state index contributed by atoms with van der Waals surface area (Å²) in [6.45, 7) is 8.96. The van der Waals surface area contributed by atoms with Gasteiger partial charge in [-0.15, -0.1) is 0 Å². The molecule has 0 radical (unpaired) electrons. The van der Waals surface area contributed by atoms with Crippen molar-refractivity contribution in [3.63, 3.8) is 0 Å². The number of hydrogen-bond donors (Lipinski definition) is 6. The van der Waals surface area contributed by atoms with Gasteiger partial charge in [0.1, 0.15) is 0 Å². The largest absolute Gasteiger partial charge is 0.390 e. The molecule has 7 heteroatoms. The molecule has 0 aromatic carbocycles. The molecule has 0 aromatic heterocycles. The van der Waals surface area contributed by atoms with Crippen molar-refractivity contribution in [1.29, 1.82) is 0 Å². The maximum Gasteiger partial charge on any atom is 0.159 e. The second-order valence-corrected chi connectivity index (χ2v) is 13.2. The molecular weight excluding hydrogens is 436 g/mol. The average molecular weight is 481 g/mol. The molecule has 4 rings (SSSR count). The topological polar surface area (TPSA) is 138 Å². The standard InChI is InChI=1S/C27H44O7/c1-23(2,32)9-8-22(31)26(5,33)21-7-11-27(34)16-12-18(28)17-13-19(29)20(30)14-24(17,3)15(16)6-10-25(21,27)4/h12,15,17,19-22,29-34H,6-11,13-14H2,1-5H3/t15?,17?,19-,20?,21-,22-,24+,25+,26?,27+/m0/s1. The Morgan fingerprint density at radius 1 is 1.06 bits per heavy atom. The number of rotatable bonds is 5. The van der Waals surface area contributed by atoms with Gasteiger partial charge in [-0.2, -0.15) is 0 Å². The Labute approximate surface area is 202 Å². The van der Waals surface area contributed by atoms with E-state index in [4.69, 9.17) is 0 Å². The summed E-state index contributed by atoms with van der Waals surface area (Å²) in [6, 6.07) is 0. The van der Waals surface area contributed by atoms with Crippen LogP contribution in [0.15, 0.2) is 11.6 Å². The van der Waals surface area contributed by atoms with Crippen molar-refractivity contribution < 1.29 is 35.4 Å². The van der Waals surface area contributed by atoms with Gasteiger partial charge in [0.15, 0.2) is 5.78 Å². The lowest BCUT2D eigenvalue weighted by Crippen LogP contribution is -2.62. The van der Waals surface area contributed by atoms with Crippen LogP contribution in [0, 0.1) is 28.6 Å². The minimum absolute atomic E-state index is 0.0840. The zero-order valence-corrected chi connectivity index (χ0v) is 21.3. The van der Waals surface area contributed by atoms with E-state index in [-0.39, 0.29) is 36.4 Å². The van der Waals surface area contributed by atoms with E-state index in [9.17, 15) is 35.4 Å². The molecule has 0 heterocycles. The summed E-state index contributed by atoms with van der Waals surface area (Å²) < 4.78 is 0. The van der Waals surface area contributed by atoms with Crippen molar-refractivity contribution in [3.05, 3.63) is 11.6 Å². The Balaban J connectivity index is 1.66. The predicted octanol–water partition coefficient (Wildman–Crippen LogP) is 1.85. The van der Waals surface area contributed by atoms with Crippen molar-refractivity contribution in [2.75, 3.05) is 0 Å². The van der Waals surface area contributed by atoms with Gasteiger partial charge >= 0.3 is 0 Å². The fourth-order valence-electron chi connectivity index (χ4n) is 8.32. The number of aliphatic hydroxyl groups excluding tert-OH is 3. The maximum absolute atomic E-state index is 13.2. The van der Waals surface area contributed by atoms with Crippen LogP contribution in [0.5, 0.6) is 0 Å². The highest BCUT2D eigenvalue weighted by molar-refractivity contribution is 5.95. The molecule has 194 valence electrons. The third-order valence-corrected chi connectivity index (χ3v) is 10.5. The Kier molecular flexibility index (Phi) is 6.24. The quantitative estimate of drug-likeness (QED) is 0.353. The van der Waals surface area contributed by atoms with Gasteiger partial charge in [-0.3, -0.25) is 4.79 Å². The van der Waals surface area contributed by atoms with Crippen LogP contribution in [0.25, 0.3) is 0 Å². The van der Waals surface area contributed by atoms with Crippen LogP contribution in [-0.4, -0.2) is 71.5 Å². The third kappa shape index (κ3) is 3.73. The Morgan fingerprint density at radius 2 is 1.71 bits per heavy atom. The van der Waals surface area contributed by atoms with Gasteiger partial charge in [0, 0.05) is 11.3 Å². The summed E-state index contributed by atoms with van der Waals surface area (Å²) >= 11 is 0. The van der Waals surface area contributed by atoms with E-state index in [0.29, 0.717) is 44.1 Å². The SMILES string of the molecule is CC(C)(O)CC[C@H](O)C(C)(O)[C@H]1CC[C@@]2(O)C3=CC(=O)C4C[C@H](O)C(O)C[C@]4(C)C3CC[C@]12C. The first-order chi connectivity index (χ1) is 15.5. The van der Waals surface area contributed by atoms with Gasteiger partial charge in [-0.05, 0) is 101 Å². The first-order valence-corrected chi connectivity index (χ1v) is 12.9. The van der Waals surface area contributed by atoms with E-state index in [2.05, 4.69) is 0 Å². The molecule has 10 atom stereocenters. The van der Waals surface area contributed by atoms with E-state index >= 15 is 0 Å². The van der Waals surface area contributed by atoms with Crippen LogP contribution in [0.1, 0.15) is 86.0 Å². The Bertz CT molecular complexity index is 860. The third-order valence-electron chi connectivity index (χ3n) is 10.5. The predicted molar refractivity (Wildman–Crippen MR) is 127 cm³/mol. The van der Waals surface area contributed by atoms with E-state index in [0.717, 1.165) is 0 Å². The Hall–Kier alpha value is -0.830. The monoisotopic (exact) mass is 480 g/mol. The number of ketones is 1. The van der Waals surface area contributed by atoms with Gasteiger partial charge in [0.05, 0.1) is 35.1 Å². The molecule has 3 saturated carbocycles. The second kappa shape index (κ2) is 8.09. The fourth-order valence-corrected chi connectivity index (χ4v) is 8.32. The van der Waals surface area contributed by atoms with Gasteiger partial charge < -0.3 is 30.6 Å². The van der Waals surface area contributed by atoms with Crippen molar-refractivity contribution in [1.82, 2.24) is 0 Å². The minimum atomic E-state index is -1.46. The summed E-state index contributed by atoms with van der Waals surface area (Å²) in [7, 11) is 0. The number of carbonyl (C=O) groups is 1. The van der Waals surface area contributed by atoms with Crippen LogP contribution in [0.4, 0.5) is 0 Å². The van der Waals surface area contributed by atoms with E-state index in [1.54, 1.807) is 26.8 Å². The first-order valence-electron chi connectivity index (χ1n) is 12.9. The number of allylic oxidation sites excluding steroid dienone is 1. The van der Waals surface area contributed by atoms with Crippen molar-refractivity contribution in [2.24, 2.45) is 28.6 Å². The van der Waals surface area contributed by atoms with Gasteiger partial charge in [0.2, 0.25) is 0 Å². The Morgan fingerprint density at radius 3 is 2.32 bits per heavy atom.